The third kappa shape index (κ3) is 7.24. The van der Waals surface area contributed by atoms with Crippen LogP contribution in [0.3, 0.4) is 0 Å². The Morgan fingerprint density at radius 2 is 1.52 bits per heavy atom. The van der Waals surface area contributed by atoms with Crippen LogP contribution >= 0.6 is 15.9 Å². The van der Waals surface area contributed by atoms with E-state index in [1.54, 1.807) is 36.4 Å². The summed E-state index contributed by atoms with van der Waals surface area (Å²) in [7, 11) is -3.90. The SMILES string of the molecule is NC(=O)Cc1ccc(NC(=O)CN(CCc2ccccc2)S(=O)(=O)c2ccc(Br)cc2)cc1. The molecule has 0 saturated heterocycles. The normalized spacial score (nSPS) is 11.3. The number of carbonyl (C=O) groups is 2. The first-order valence-corrected chi connectivity index (χ1v) is 12.4. The van der Waals surface area contributed by atoms with Crippen LogP contribution in [0, 0.1) is 0 Å². The largest absolute Gasteiger partial charge is 0.369 e. The zero-order valence-corrected chi connectivity index (χ0v) is 20.2. The molecule has 0 unspecified atom stereocenters. The average Bonchev–Trinajstić information content (AvgIpc) is 2.78. The highest BCUT2D eigenvalue weighted by Crippen LogP contribution is 2.20. The lowest BCUT2D eigenvalue weighted by molar-refractivity contribution is -0.117. The Labute approximate surface area is 201 Å². The highest BCUT2D eigenvalue weighted by atomic mass is 79.9. The predicted octanol–water partition coefficient (Wildman–Crippen LogP) is 3.35. The maximum atomic E-state index is 13.3. The summed E-state index contributed by atoms with van der Waals surface area (Å²) in [6, 6.07) is 22.5. The van der Waals surface area contributed by atoms with Crippen molar-refractivity contribution >= 4 is 43.5 Å². The van der Waals surface area contributed by atoms with Gasteiger partial charge in [0.1, 0.15) is 0 Å². The summed E-state index contributed by atoms with van der Waals surface area (Å²) >= 11 is 3.31. The zero-order valence-electron chi connectivity index (χ0n) is 17.8. The molecule has 3 aromatic carbocycles. The van der Waals surface area contributed by atoms with Gasteiger partial charge >= 0.3 is 0 Å². The molecule has 3 N–H and O–H groups in total. The fourth-order valence-electron chi connectivity index (χ4n) is 3.21. The van der Waals surface area contributed by atoms with Gasteiger partial charge in [0.25, 0.3) is 0 Å². The summed E-state index contributed by atoms with van der Waals surface area (Å²) in [5, 5.41) is 2.72. The Balaban J connectivity index is 1.75. The highest BCUT2D eigenvalue weighted by Gasteiger charge is 2.26. The van der Waals surface area contributed by atoms with Gasteiger partial charge in [0, 0.05) is 16.7 Å². The number of carbonyl (C=O) groups excluding carboxylic acids is 2. The summed E-state index contributed by atoms with van der Waals surface area (Å²) in [4.78, 5) is 23.9. The molecule has 0 atom stereocenters. The summed E-state index contributed by atoms with van der Waals surface area (Å²) in [6.45, 7) is -0.193. The number of nitrogens with two attached hydrogens (primary N) is 1. The van der Waals surface area contributed by atoms with E-state index >= 15 is 0 Å². The van der Waals surface area contributed by atoms with Gasteiger partial charge in [-0.1, -0.05) is 58.4 Å². The Hall–Kier alpha value is -3.01. The van der Waals surface area contributed by atoms with Crippen molar-refractivity contribution in [1.82, 2.24) is 4.31 Å². The second-order valence-corrected chi connectivity index (χ2v) is 10.3. The van der Waals surface area contributed by atoms with Crippen LogP contribution in [0.25, 0.3) is 0 Å². The van der Waals surface area contributed by atoms with E-state index in [0.29, 0.717) is 12.1 Å². The highest BCUT2D eigenvalue weighted by molar-refractivity contribution is 9.10. The number of halogens is 1. The molecule has 2 amide bonds. The number of hydrogen-bond acceptors (Lipinski definition) is 4. The number of rotatable bonds is 10. The molecule has 0 heterocycles. The van der Waals surface area contributed by atoms with E-state index in [9.17, 15) is 18.0 Å². The standard InChI is InChI=1S/C24H24BrN3O4S/c25-20-8-12-22(13-9-20)33(31,32)28(15-14-18-4-2-1-3-5-18)17-24(30)27-21-10-6-19(7-11-21)16-23(26)29/h1-13H,14-17H2,(H2,26,29)(H,27,30). The molecule has 7 nitrogen and oxygen atoms in total. The Morgan fingerprint density at radius 1 is 0.879 bits per heavy atom. The molecule has 0 aliphatic rings. The Morgan fingerprint density at radius 3 is 2.12 bits per heavy atom. The summed E-state index contributed by atoms with van der Waals surface area (Å²) in [5.41, 5.74) is 7.39. The van der Waals surface area contributed by atoms with E-state index < -0.39 is 21.8 Å². The Kier molecular flexibility index (Phi) is 8.37. The van der Waals surface area contributed by atoms with Crippen molar-refractivity contribution in [2.24, 2.45) is 5.73 Å². The third-order valence-electron chi connectivity index (χ3n) is 4.88. The van der Waals surface area contributed by atoms with Gasteiger partial charge in [-0.3, -0.25) is 9.59 Å². The molecule has 9 heteroatoms. The van der Waals surface area contributed by atoms with Gasteiger partial charge in [-0.2, -0.15) is 4.31 Å². The van der Waals surface area contributed by atoms with Gasteiger partial charge in [-0.25, -0.2) is 8.42 Å². The van der Waals surface area contributed by atoms with Crippen molar-refractivity contribution in [3.05, 3.63) is 94.5 Å². The van der Waals surface area contributed by atoms with E-state index in [4.69, 9.17) is 5.73 Å². The summed E-state index contributed by atoms with van der Waals surface area (Å²) in [6.07, 6.45) is 0.568. The van der Waals surface area contributed by atoms with Crippen LogP contribution in [0.5, 0.6) is 0 Å². The van der Waals surface area contributed by atoms with E-state index in [-0.39, 0.29) is 24.4 Å². The first-order valence-electron chi connectivity index (χ1n) is 10.2. The monoisotopic (exact) mass is 529 g/mol. The molecule has 0 saturated carbocycles. The second kappa shape index (κ2) is 11.2. The van der Waals surface area contributed by atoms with Crippen LogP contribution < -0.4 is 11.1 Å². The van der Waals surface area contributed by atoms with Gasteiger partial charge in [0.2, 0.25) is 21.8 Å². The van der Waals surface area contributed by atoms with Crippen LogP contribution in [0.1, 0.15) is 11.1 Å². The van der Waals surface area contributed by atoms with E-state index in [0.717, 1.165) is 15.6 Å². The van der Waals surface area contributed by atoms with Crippen molar-refractivity contribution in [3.8, 4) is 0 Å². The lowest BCUT2D eigenvalue weighted by Gasteiger charge is -2.22. The molecule has 0 aromatic heterocycles. The maximum Gasteiger partial charge on any atom is 0.243 e. The molecule has 0 aliphatic carbocycles. The second-order valence-electron chi connectivity index (χ2n) is 7.42. The van der Waals surface area contributed by atoms with Gasteiger partial charge < -0.3 is 11.1 Å². The van der Waals surface area contributed by atoms with E-state index in [2.05, 4.69) is 21.2 Å². The molecule has 0 spiro atoms. The van der Waals surface area contributed by atoms with Crippen LogP contribution in [0.15, 0.2) is 88.2 Å². The van der Waals surface area contributed by atoms with Crippen molar-refractivity contribution in [2.45, 2.75) is 17.7 Å². The van der Waals surface area contributed by atoms with Crippen molar-refractivity contribution < 1.29 is 18.0 Å². The molecule has 3 rings (SSSR count). The van der Waals surface area contributed by atoms with Crippen molar-refractivity contribution in [2.75, 3.05) is 18.4 Å². The van der Waals surface area contributed by atoms with Gasteiger partial charge in [0.05, 0.1) is 17.9 Å². The Bertz CT molecular complexity index is 1200. The fraction of sp³-hybridized carbons (Fsp3) is 0.167. The minimum Gasteiger partial charge on any atom is -0.369 e. The summed E-state index contributed by atoms with van der Waals surface area (Å²) in [5.74, 6) is -0.912. The van der Waals surface area contributed by atoms with E-state index in [1.165, 1.54) is 16.4 Å². The molecular weight excluding hydrogens is 506 g/mol. The smallest absolute Gasteiger partial charge is 0.243 e. The number of anilines is 1. The average molecular weight is 530 g/mol. The number of hydrogen-bond donors (Lipinski definition) is 2. The number of amides is 2. The summed E-state index contributed by atoms with van der Waals surface area (Å²) < 4.78 is 28.5. The van der Waals surface area contributed by atoms with Crippen LogP contribution in [-0.4, -0.2) is 37.6 Å². The molecular formula is C24H24BrN3O4S. The first kappa shape index (κ1) is 24.6. The molecule has 172 valence electrons. The van der Waals surface area contributed by atoms with Crippen LogP contribution in [0.4, 0.5) is 5.69 Å². The maximum absolute atomic E-state index is 13.3. The zero-order chi connectivity index (χ0) is 23.8. The third-order valence-corrected chi connectivity index (χ3v) is 7.27. The minimum atomic E-state index is -3.90. The molecule has 0 bridgehead atoms. The van der Waals surface area contributed by atoms with Gasteiger partial charge in [0.15, 0.2) is 0 Å². The number of primary amides is 1. The molecule has 3 aromatic rings. The number of sulfonamides is 1. The van der Waals surface area contributed by atoms with Crippen molar-refractivity contribution in [1.29, 1.82) is 0 Å². The first-order chi connectivity index (χ1) is 15.7. The molecule has 0 radical (unpaired) electrons. The number of nitrogens with one attached hydrogen (secondary N) is 1. The van der Waals surface area contributed by atoms with Crippen LogP contribution in [-0.2, 0) is 32.5 Å². The minimum absolute atomic E-state index is 0.104. The predicted molar refractivity (Wildman–Crippen MR) is 131 cm³/mol. The van der Waals surface area contributed by atoms with Crippen molar-refractivity contribution in [3.63, 3.8) is 0 Å². The fourth-order valence-corrected chi connectivity index (χ4v) is 4.87. The topological polar surface area (TPSA) is 110 Å². The molecule has 33 heavy (non-hydrogen) atoms. The van der Waals surface area contributed by atoms with Crippen LogP contribution in [0.2, 0.25) is 0 Å². The van der Waals surface area contributed by atoms with E-state index in [1.807, 2.05) is 30.3 Å². The van der Waals surface area contributed by atoms with Gasteiger partial charge in [-0.15, -0.1) is 0 Å². The van der Waals surface area contributed by atoms with Gasteiger partial charge in [-0.05, 0) is 53.9 Å². The molecule has 0 aliphatic heterocycles. The number of nitrogens with zero attached hydrogens (tertiary/aromatic N) is 1. The molecule has 0 fully saturated rings. The number of benzene rings is 3. The quantitative estimate of drug-likeness (QED) is 0.419. The lowest BCUT2D eigenvalue weighted by atomic mass is 10.1. The lowest BCUT2D eigenvalue weighted by Crippen LogP contribution is -2.39.